The Labute approximate surface area is 172 Å². The van der Waals surface area contributed by atoms with Gasteiger partial charge in [-0.25, -0.2) is 4.39 Å². The molecule has 0 spiro atoms. The number of rotatable bonds is 3. The number of hydrogen-bond donors (Lipinski definition) is 2. The summed E-state index contributed by atoms with van der Waals surface area (Å²) in [6, 6.07) is 8.33. The molecular weight excluding hydrogens is 383 g/mol. The van der Waals surface area contributed by atoms with Gasteiger partial charge in [0.15, 0.2) is 0 Å². The Bertz CT molecular complexity index is 1260. The Kier molecular flexibility index (Phi) is 4.34. The SMILES string of the molecule is Cc1ccc(C(=O)N[C@H]2CCCc3c2[nH]c2ccc(F)cc32)c(-n2cnnn2)c1C. The molecule has 0 radical (unpaired) electrons. The van der Waals surface area contributed by atoms with E-state index >= 15 is 0 Å². The summed E-state index contributed by atoms with van der Waals surface area (Å²) in [6.07, 6.45) is 4.10. The van der Waals surface area contributed by atoms with Crippen molar-refractivity contribution in [2.24, 2.45) is 0 Å². The topological polar surface area (TPSA) is 88.5 Å². The molecule has 2 aromatic heterocycles. The van der Waals surface area contributed by atoms with Crippen LogP contribution < -0.4 is 5.32 Å². The van der Waals surface area contributed by atoms with Crippen LogP contribution in [0.2, 0.25) is 0 Å². The number of carbonyl (C=O) groups is 1. The highest BCUT2D eigenvalue weighted by Gasteiger charge is 2.27. The van der Waals surface area contributed by atoms with E-state index in [1.807, 2.05) is 19.9 Å². The normalized spacial score (nSPS) is 15.9. The average molecular weight is 404 g/mol. The minimum atomic E-state index is -0.253. The number of aromatic amines is 1. The molecule has 152 valence electrons. The van der Waals surface area contributed by atoms with Crippen LogP contribution in [0.15, 0.2) is 36.7 Å². The molecule has 0 saturated heterocycles. The van der Waals surface area contributed by atoms with Crippen molar-refractivity contribution < 1.29 is 9.18 Å². The molecule has 30 heavy (non-hydrogen) atoms. The summed E-state index contributed by atoms with van der Waals surface area (Å²) in [4.78, 5) is 16.7. The fourth-order valence-corrected chi connectivity index (χ4v) is 4.36. The van der Waals surface area contributed by atoms with E-state index in [1.54, 1.807) is 18.2 Å². The van der Waals surface area contributed by atoms with Gasteiger partial charge in [-0.05, 0) is 84.5 Å². The number of nitrogens with one attached hydrogen (secondary N) is 2. The van der Waals surface area contributed by atoms with E-state index in [9.17, 15) is 9.18 Å². The van der Waals surface area contributed by atoms with Gasteiger partial charge in [-0.15, -0.1) is 5.10 Å². The highest BCUT2D eigenvalue weighted by Crippen LogP contribution is 2.35. The summed E-state index contributed by atoms with van der Waals surface area (Å²) in [7, 11) is 0. The Hall–Kier alpha value is -3.55. The van der Waals surface area contributed by atoms with E-state index in [0.717, 1.165) is 52.5 Å². The second-order valence-corrected chi connectivity index (χ2v) is 7.78. The van der Waals surface area contributed by atoms with Gasteiger partial charge in [-0.2, -0.15) is 4.68 Å². The number of amides is 1. The number of halogens is 1. The van der Waals surface area contributed by atoms with Gasteiger partial charge in [-0.1, -0.05) is 6.07 Å². The molecule has 1 aliphatic carbocycles. The molecule has 0 bridgehead atoms. The predicted molar refractivity (Wildman–Crippen MR) is 110 cm³/mol. The molecule has 1 amide bonds. The van der Waals surface area contributed by atoms with Gasteiger partial charge in [0, 0.05) is 16.6 Å². The van der Waals surface area contributed by atoms with Crippen molar-refractivity contribution >= 4 is 16.8 Å². The smallest absolute Gasteiger partial charge is 0.254 e. The summed E-state index contributed by atoms with van der Waals surface area (Å²) in [5.41, 5.74) is 6.12. The Morgan fingerprint density at radius 1 is 1.27 bits per heavy atom. The van der Waals surface area contributed by atoms with Crippen molar-refractivity contribution in [1.29, 1.82) is 0 Å². The molecule has 2 heterocycles. The van der Waals surface area contributed by atoms with Crippen molar-refractivity contribution in [3.05, 3.63) is 70.4 Å². The van der Waals surface area contributed by atoms with Gasteiger partial charge in [-0.3, -0.25) is 4.79 Å². The second kappa shape index (κ2) is 7.05. The number of tetrazole rings is 1. The molecule has 0 saturated carbocycles. The van der Waals surface area contributed by atoms with Crippen molar-refractivity contribution in [2.45, 2.75) is 39.2 Å². The van der Waals surface area contributed by atoms with Crippen LogP contribution in [0.25, 0.3) is 16.6 Å². The number of hydrogen-bond acceptors (Lipinski definition) is 4. The first-order valence-corrected chi connectivity index (χ1v) is 9.97. The minimum Gasteiger partial charge on any atom is -0.356 e. The summed E-state index contributed by atoms with van der Waals surface area (Å²) in [6.45, 7) is 3.94. The maximum absolute atomic E-state index is 13.8. The lowest BCUT2D eigenvalue weighted by Gasteiger charge is -2.24. The molecule has 2 N–H and O–H groups in total. The van der Waals surface area contributed by atoms with Crippen LogP contribution in [0.4, 0.5) is 4.39 Å². The van der Waals surface area contributed by atoms with E-state index in [0.29, 0.717) is 11.3 Å². The maximum Gasteiger partial charge on any atom is 0.254 e. The van der Waals surface area contributed by atoms with E-state index in [4.69, 9.17) is 0 Å². The highest BCUT2D eigenvalue weighted by molar-refractivity contribution is 5.99. The van der Waals surface area contributed by atoms with Crippen molar-refractivity contribution in [1.82, 2.24) is 30.5 Å². The summed E-state index contributed by atoms with van der Waals surface area (Å²) in [5.74, 6) is -0.442. The van der Waals surface area contributed by atoms with Crippen molar-refractivity contribution in [2.75, 3.05) is 0 Å². The fraction of sp³-hybridized carbons (Fsp3) is 0.273. The van der Waals surface area contributed by atoms with Gasteiger partial charge in [0.2, 0.25) is 0 Å². The summed E-state index contributed by atoms with van der Waals surface area (Å²) in [5, 5.41) is 15.5. The van der Waals surface area contributed by atoms with Crippen LogP contribution in [-0.4, -0.2) is 31.1 Å². The molecule has 0 aliphatic heterocycles. The first-order valence-electron chi connectivity index (χ1n) is 9.97. The number of fused-ring (bicyclic) bond motifs is 3. The van der Waals surface area contributed by atoms with Gasteiger partial charge in [0.25, 0.3) is 5.91 Å². The summed E-state index contributed by atoms with van der Waals surface area (Å²) >= 11 is 0. The molecule has 4 aromatic rings. The van der Waals surface area contributed by atoms with Gasteiger partial charge >= 0.3 is 0 Å². The maximum atomic E-state index is 13.8. The minimum absolute atomic E-state index is 0.167. The van der Waals surface area contributed by atoms with E-state index in [2.05, 4.69) is 25.8 Å². The Morgan fingerprint density at radius 3 is 2.93 bits per heavy atom. The second-order valence-electron chi connectivity index (χ2n) is 7.78. The fourth-order valence-electron chi connectivity index (χ4n) is 4.36. The highest BCUT2D eigenvalue weighted by atomic mass is 19.1. The zero-order valence-electron chi connectivity index (χ0n) is 16.7. The Balaban J connectivity index is 1.52. The molecule has 0 unspecified atom stereocenters. The number of carbonyl (C=O) groups excluding carboxylic acids is 1. The van der Waals surface area contributed by atoms with Crippen LogP contribution in [0.1, 0.15) is 51.6 Å². The third-order valence-electron chi connectivity index (χ3n) is 6.00. The molecule has 1 atom stereocenters. The zero-order chi connectivity index (χ0) is 20.8. The van der Waals surface area contributed by atoms with Crippen LogP contribution in [-0.2, 0) is 6.42 Å². The van der Waals surface area contributed by atoms with Crippen LogP contribution in [0.3, 0.4) is 0 Å². The van der Waals surface area contributed by atoms with Crippen LogP contribution in [0.5, 0.6) is 0 Å². The molecule has 0 fully saturated rings. The van der Waals surface area contributed by atoms with Gasteiger partial charge in [0.1, 0.15) is 12.1 Å². The number of aryl methyl sites for hydroxylation is 2. The summed E-state index contributed by atoms with van der Waals surface area (Å²) < 4.78 is 15.3. The molecule has 8 heteroatoms. The molecule has 1 aliphatic rings. The van der Waals surface area contributed by atoms with Gasteiger partial charge < -0.3 is 10.3 Å². The van der Waals surface area contributed by atoms with E-state index < -0.39 is 0 Å². The monoisotopic (exact) mass is 404 g/mol. The third kappa shape index (κ3) is 2.96. The van der Waals surface area contributed by atoms with Crippen molar-refractivity contribution in [3.8, 4) is 5.69 Å². The predicted octanol–water partition coefficient (Wildman–Crippen LogP) is 3.71. The zero-order valence-corrected chi connectivity index (χ0v) is 16.7. The lowest BCUT2D eigenvalue weighted by Crippen LogP contribution is -2.32. The van der Waals surface area contributed by atoms with Gasteiger partial charge in [0.05, 0.1) is 17.3 Å². The quantitative estimate of drug-likeness (QED) is 0.545. The lowest BCUT2D eigenvalue weighted by atomic mass is 9.91. The number of benzene rings is 2. The molecule has 7 nitrogen and oxygen atoms in total. The number of nitrogens with zero attached hydrogens (tertiary/aromatic N) is 4. The molecular formula is C22H21FN6O. The average Bonchev–Trinajstić information content (AvgIpc) is 3.38. The number of H-pyrrole nitrogens is 1. The Morgan fingerprint density at radius 2 is 2.13 bits per heavy atom. The standard InChI is InChI=1S/C22H21FN6O/c1-12-6-8-16(21(13(12)2)29-11-24-27-28-29)22(30)26-19-5-3-4-15-17-10-14(23)7-9-18(17)25-20(15)19/h6-11,19,25H,3-5H2,1-2H3,(H,26,30)/t19-/m0/s1. The van der Waals surface area contributed by atoms with E-state index in [-0.39, 0.29) is 17.8 Å². The molecule has 2 aromatic carbocycles. The first-order chi connectivity index (χ1) is 14.5. The largest absolute Gasteiger partial charge is 0.356 e. The number of aromatic nitrogens is 5. The van der Waals surface area contributed by atoms with Crippen LogP contribution >= 0.6 is 0 Å². The van der Waals surface area contributed by atoms with E-state index in [1.165, 1.54) is 17.1 Å². The third-order valence-corrected chi connectivity index (χ3v) is 6.00. The first kappa shape index (κ1) is 18.5. The van der Waals surface area contributed by atoms with Crippen molar-refractivity contribution in [3.63, 3.8) is 0 Å². The lowest BCUT2D eigenvalue weighted by molar-refractivity contribution is 0.0931. The van der Waals surface area contributed by atoms with Crippen LogP contribution in [0, 0.1) is 19.7 Å². The molecule has 5 rings (SSSR count).